The molecule has 35 heavy (non-hydrogen) atoms. The van der Waals surface area contributed by atoms with Crippen molar-refractivity contribution in [3.05, 3.63) is 52.3 Å². The van der Waals surface area contributed by atoms with Gasteiger partial charge in [-0.2, -0.15) is 0 Å². The molecule has 2 aromatic rings. The average molecular weight is 478 g/mol. The van der Waals surface area contributed by atoms with Crippen molar-refractivity contribution in [2.45, 2.75) is 83.5 Å². The van der Waals surface area contributed by atoms with Gasteiger partial charge in [-0.3, -0.25) is 9.59 Å². The standard InChI is InChI=1S/C27H35N5O3/c1-17-5-3-6-18(2)32(17)27-29-22(25-23(30-27)15-28-26(25)35)13-19-8-10-20(11-9-19)14-24(34)31-12-4-7-21(31)16-33/h8-11,17-18,21,33H,3-7,12-16H2,1-2H3,(H,28,35)/t17-,18-,21+/m1/s1. The summed E-state index contributed by atoms with van der Waals surface area (Å²) in [5, 5.41) is 12.4. The molecule has 1 aromatic carbocycles. The van der Waals surface area contributed by atoms with E-state index < -0.39 is 0 Å². The summed E-state index contributed by atoms with van der Waals surface area (Å²) in [5.41, 5.74) is 4.14. The Balaban J connectivity index is 1.35. The number of benzene rings is 1. The van der Waals surface area contributed by atoms with E-state index in [0.29, 0.717) is 37.0 Å². The van der Waals surface area contributed by atoms with Crippen LogP contribution >= 0.6 is 0 Å². The van der Waals surface area contributed by atoms with Crippen LogP contribution < -0.4 is 10.2 Å². The summed E-state index contributed by atoms with van der Waals surface area (Å²) in [4.78, 5) is 39.1. The molecule has 186 valence electrons. The number of carbonyl (C=O) groups excluding carboxylic acids is 2. The second kappa shape index (κ2) is 9.93. The van der Waals surface area contributed by atoms with Crippen LogP contribution in [-0.4, -0.2) is 63.1 Å². The fourth-order valence-corrected chi connectivity index (χ4v) is 5.84. The first kappa shape index (κ1) is 23.7. The summed E-state index contributed by atoms with van der Waals surface area (Å²) in [6, 6.07) is 8.68. The van der Waals surface area contributed by atoms with E-state index in [4.69, 9.17) is 9.97 Å². The fourth-order valence-electron chi connectivity index (χ4n) is 5.84. The number of hydrogen-bond acceptors (Lipinski definition) is 6. The average Bonchev–Trinajstić information content (AvgIpc) is 3.47. The zero-order chi connectivity index (χ0) is 24.5. The van der Waals surface area contributed by atoms with Crippen LogP contribution in [0.1, 0.15) is 78.8 Å². The number of fused-ring (bicyclic) bond motifs is 1. The van der Waals surface area contributed by atoms with Crippen molar-refractivity contribution in [1.82, 2.24) is 20.2 Å². The Hall–Kier alpha value is -3.00. The zero-order valence-corrected chi connectivity index (χ0v) is 20.7. The maximum Gasteiger partial charge on any atom is 0.255 e. The van der Waals surface area contributed by atoms with Crippen LogP contribution in [0.3, 0.4) is 0 Å². The molecule has 2 saturated heterocycles. The van der Waals surface area contributed by atoms with Gasteiger partial charge in [-0.05, 0) is 57.1 Å². The molecule has 0 spiro atoms. The Labute approximate surface area is 206 Å². The van der Waals surface area contributed by atoms with Gasteiger partial charge in [0.25, 0.3) is 5.91 Å². The van der Waals surface area contributed by atoms with Crippen LogP contribution in [-0.2, 0) is 24.2 Å². The number of likely N-dealkylation sites (tertiary alicyclic amines) is 1. The summed E-state index contributed by atoms with van der Waals surface area (Å²) in [6.07, 6.45) is 6.14. The molecule has 0 bridgehead atoms. The molecule has 0 radical (unpaired) electrons. The maximum atomic E-state index is 12.7. The van der Waals surface area contributed by atoms with Crippen molar-refractivity contribution in [3.63, 3.8) is 0 Å². The summed E-state index contributed by atoms with van der Waals surface area (Å²) in [7, 11) is 0. The first-order chi connectivity index (χ1) is 16.9. The van der Waals surface area contributed by atoms with Crippen molar-refractivity contribution >= 4 is 17.8 Å². The van der Waals surface area contributed by atoms with Gasteiger partial charge in [-0.1, -0.05) is 24.3 Å². The largest absolute Gasteiger partial charge is 0.394 e. The van der Waals surface area contributed by atoms with Crippen molar-refractivity contribution in [2.24, 2.45) is 0 Å². The van der Waals surface area contributed by atoms with Gasteiger partial charge in [0.1, 0.15) is 0 Å². The smallest absolute Gasteiger partial charge is 0.255 e. The Morgan fingerprint density at radius 3 is 2.49 bits per heavy atom. The first-order valence-corrected chi connectivity index (χ1v) is 12.9. The Morgan fingerprint density at radius 1 is 1.06 bits per heavy atom. The molecule has 8 heteroatoms. The van der Waals surface area contributed by atoms with Crippen LogP contribution in [0.15, 0.2) is 24.3 Å². The Bertz CT molecular complexity index is 1090. The molecule has 8 nitrogen and oxygen atoms in total. The fraction of sp³-hybridized carbons (Fsp3) is 0.556. The second-order valence-electron chi connectivity index (χ2n) is 10.2. The molecule has 0 unspecified atom stereocenters. The lowest BCUT2D eigenvalue weighted by Gasteiger charge is -2.39. The highest BCUT2D eigenvalue weighted by Crippen LogP contribution is 2.30. The van der Waals surface area contributed by atoms with Gasteiger partial charge in [0, 0.05) is 25.0 Å². The lowest BCUT2D eigenvalue weighted by atomic mass is 9.98. The number of carbonyl (C=O) groups is 2. The van der Waals surface area contributed by atoms with E-state index in [0.717, 1.165) is 60.7 Å². The van der Waals surface area contributed by atoms with Crippen molar-refractivity contribution in [3.8, 4) is 0 Å². The molecule has 5 rings (SSSR count). The predicted octanol–water partition coefficient (Wildman–Crippen LogP) is 2.60. The molecule has 0 saturated carbocycles. The number of nitrogens with zero attached hydrogens (tertiary/aromatic N) is 4. The monoisotopic (exact) mass is 477 g/mol. The van der Waals surface area contributed by atoms with Crippen molar-refractivity contribution in [1.29, 1.82) is 0 Å². The highest BCUT2D eigenvalue weighted by Gasteiger charge is 2.32. The number of anilines is 1. The number of amides is 2. The summed E-state index contributed by atoms with van der Waals surface area (Å²) >= 11 is 0. The van der Waals surface area contributed by atoms with Gasteiger partial charge in [0.15, 0.2) is 0 Å². The van der Waals surface area contributed by atoms with E-state index >= 15 is 0 Å². The van der Waals surface area contributed by atoms with Crippen LogP contribution in [0.5, 0.6) is 0 Å². The highest BCUT2D eigenvalue weighted by atomic mass is 16.3. The molecule has 2 amide bonds. The summed E-state index contributed by atoms with van der Waals surface area (Å²) in [6.45, 7) is 5.64. The number of aliphatic hydroxyl groups excluding tert-OH is 1. The lowest BCUT2D eigenvalue weighted by Crippen LogP contribution is -2.45. The van der Waals surface area contributed by atoms with Crippen LogP contribution in [0.25, 0.3) is 0 Å². The first-order valence-electron chi connectivity index (χ1n) is 12.9. The quantitative estimate of drug-likeness (QED) is 0.664. The van der Waals surface area contributed by atoms with Crippen LogP contribution in [0.4, 0.5) is 5.95 Å². The molecular formula is C27H35N5O3. The molecule has 0 aliphatic carbocycles. The van der Waals surface area contributed by atoms with Gasteiger partial charge in [-0.15, -0.1) is 0 Å². The molecule has 4 heterocycles. The Morgan fingerprint density at radius 2 is 1.77 bits per heavy atom. The third kappa shape index (κ3) is 4.76. The maximum absolute atomic E-state index is 12.7. The number of aromatic nitrogens is 2. The number of nitrogens with one attached hydrogen (secondary N) is 1. The number of piperidine rings is 1. The number of rotatable bonds is 6. The lowest BCUT2D eigenvalue weighted by molar-refractivity contribution is -0.132. The van der Waals surface area contributed by atoms with Gasteiger partial charge in [0.05, 0.1) is 42.6 Å². The molecule has 2 N–H and O–H groups in total. The number of aliphatic hydroxyl groups is 1. The Kier molecular flexibility index (Phi) is 6.73. The minimum absolute atomic E-state index is 0.0263. The minimum atomic E-state index is -0.104. The number of hydrogen-bond donors (Lipinski definition) is 2. The van der Waals surface area contributed by atoms with E-state index in [2.05, 4.69) is 24.1 Å². The van der Waals surface area contributed by atoms with Gasteiger partial charge in [0.2, 0.25) is 11.9 Å². The SMILES string of the molecule is C[C@@H]1CCC[C@@H](C)N1c1nc2c(c(Cc3ccc(CC(=O)N4CCC[C@H]4CO)cc3)n1)C(=O)NC2. The van der Waals surface area contributed by atoms with E-state index in [1.54, 1.807) is 4.90 Å². The third-order valence-electron chi connectivity index (χ3n) is 7.77. The predicted molar refractivity (Wildman–Crippen MR) is 133 cm³/mol. The van der Waals surface area contributed by atoms with E-state index in [1.807, 2.05) is 24.3 Å². The zero-order valence-electron chi connectivity index (χ0n) is 20.7. The highest BCUT2D eigenvalue weighted by molar-refractivity contribution is 5.99. The van der Waals surface area contributed by atoms with Crippen LogP contribution in [0, 0.1) is 0 Å². The molecule has 3 aliphatic heterocycles. The van der Waals surface area contributed by atoms with Crippen molar-refractivity contribution < 1.29 is 14.7 Å². The van der Waals surface area contributed by atoms with Gasteiger partial charge < -0.3 is 20.2 Å². The van der Waals surface area contributed by atoms with E-state index in [-0.39, 0.29) is 24.5 Å². The summed E-state index contributed by atoms with van der Waals surface area (Å²) in [5.74, 6) is 0.683. The topological polar surface area (TPSA) is 98.7 Å². The normalized spacial score (nSPS) is 24.0. The van der Waals surface area contributed by atoms with E-state index in [1.165, 1.54) is 6.42 Å². The summed E-state index contributed by atoms with van der Waals surface area (Å²) < 4.78 is 0. The third-order valence-corrected chi connectivity index (χ3v) is 7.77. The molecule has 3 atom stereocenters. The minimum Gasteiger partial charge on any atom is -0.394 e. The second-order valence-corrected chi connectivity index (χ2v) is 10.2. The van der Waals surface area contributed by atoms with Crippen molar-refractivity contribution in [2.75, 3.05) is 18.1 Å². The molecule has 1 aromatic heterocycles. The molecule has 3 aliphatic rings. The molecular weight excluding hydrogens is 442 g/mol. The molecule has 2 fully saturated rings. The van der Waals surface area contributed by atoms with Gasteiger partial charge >= 0.3 is 0 Å². The van der Waals surface area contributed by atoms with Crippen LogP contribution in [0.2, 0.25) is 0 Å². The van der Waals surface area contributed by atoms with E-state index in [9.17, 15) is 14.7 Å². The van der Waals surface area contributed by atoms with Gasteiger partial charge in [-0.25, -0.2) is 9.97 Å².